The quantitative estimate of drug-likeness (QED) is 0.0733. The monoisotopic (exact) mass is 895 g/mol. The molecule has 2 saturated heterocycles. The van der Waals surface area contributed by atoms with Gasteiger partial charge in [-0.3, -0.25) is 42.3 Å². The van der Waals surface area contributed by atoms with Crippen molar-refractivity contribution in [3.05, 3.63) is 91.0 Å². The lowest BCUT2D eigenvalue weighted by Gasteiger charge is -2.39. The van der Waals surface area contributed by atoms with Crippen LogP contribution in [-0.2, 0) is 47.6 Å². The van der Waals surface area contributed by atoms with Gasteiger partial charge in [0.2, 0.25) is 0 Å². The van der Waals surface area contributed by atoms with Crippen molar-refractivity contribution in [1.29, 1.82) is 5.26 Å². The summed E-state index contributed by atoms with van der Waals surface area (Å²) < 4.78 is 67.9. The lowest BCUT2D eigenvalue weighted by Crippen LogP contribution is -2.46. The lowest BCUT2D eigenvalue weighted by molar-refractivity contribution is -0.0686. The van der Waals surface area contributed by atoms with Crippen LogP contribution in [0.4, 0.5) is 0 Å². The number of allylic oxidation sites excluding steroid dienone is 1. The summed E-state index contributed by atoms with van der Waals surface area (Å²) in [6.45, 7) is 27.2. The Balaban J connectivity index is 1.75. The van der Waals surface area contributed by atoms with Crippen molar-refractivity contribution >= 4 is 24.5 Å². The number of rotatable bonds is 20. The van der Waals surface area contributed by atoms with Crippen molar-refractivity contribution in [3.63, 3.8) is 0 Å². The summed E-state index contributed by atoms with van der Waals surface area (Å²) in [7, 11) is -9.63. The second kappa shape index (κ2) is 19.8. The third-order valence-corrected chi connectivity index (χ3v) is 22.0. The summed E-state index contributed by atoms with van der Waals surface area (Å²) in [6, 6.07) is 3.11. The fraction of sp³-hybridized carbons (Fsp3) is 0.667. The number of ether oxygens (including phenoxy) is 3. The van der Waals surface area contributed by atoms with Crippen molar-refractivity contribution in [2.24, 2.45) is 0 Å². The van der Waals surface area contributed by atoms with Crippen LogP contribution in [0, 0.1) is 11.3 Å². The van der Waals surface area contributed by atoms with Gasteiger partial charge < -0.3 is 23.1 Å². The van der Waals surface area contributed by atoms with E-state index in [1.807, 2.05) is 19.2 Å². The first kappa shape index (κ1) is 49.3. The smallest absolute Gasteiger partial charge is 0.414 e. The SMILES string of the molecule is C=CCO[C@@H]1[C@H](OP(=O)(OCCC#N)OC[C@H]2O[C@@H](n3cc(CC=C)c(=O)[nH]c3=O)C[C@@H]2O[Si](C)(C)C(C)(C)C)[C@@H](CO[Si](C)(C)C(C)(C)C)O[C@H]1n1ccc(=O)[nH]c1=O. The van der Waals surface area contributed by atoms with Crippen LogP contribution < -0.4 is 22.5 Å². The van der Waals surface area contributed by atoms with Gasteiger partial charge in [-0.2, -0.15) is 5.26 Å². The Kier molecular flexibility index (Phi) is 16.3. The maximum absolute atomic E-state index is 14.9. The van der Waals surface area contributed by atoms with Crippen molar-refractivity contribution < 1.29 is 41.2 Å². The van der Waals surface area contributed by atoms with Crippen LogP contribution >= 0.6 is 7.82 Å². The molecule has 2 N–H and O–H groups in total. The Morgan fingerprint density at radius 2 is 1.58 bits per heavy atom. The van der Waals surface area contributed by atoms with E-state index in [4.69, 9.17) is 36.6 Å². The zero-order valence-corrected chi connectivity index (χ0v) is 39.3. The molecule has 2 aromatic heterocycles. The second-order valence-corrected chi connectivity index (χ2v) is 29.1. The Morgan fingerprint density at radius 1 is 0.917 bits per heavy atom. The molecule has 0 saturated carbocycles. The van der Waals surface area contributed by atoms with Gasteiger partial charge in [0.25, 0.3) is 11.1 Å². The van der Waals surface area contributed by atoms with Gasteiger partial charge in [-0.05, 0) is 42.7 Å². The molecular formula is C39H62N5O13PSi2. The van der Waals surface area contributed by atoms with Crippen molar-refractivity contribution in [2.75, 3.05) is 26.4 Å². The fourth-order valence-electron chi connectivity index (χ4n) is 6.04. The molecule has 21 heteroatoms. The van der Waals surface area contributed by atoms with E-state index in [0.29, 0.717) is 5.56 Å². The number of hydrogen-bond donors (Lipinski definition) is 2. The molecule has 0 aromatic carbocycles. The van der Waals surface area contributed by atoms with E-state index < -0.39 is 96.5 Å². The highest BCUT2D eigenvalue weighted by atomic mass is 31.2. The molecular weight excluding hydrogens is 834 g/mol. The van der Waals surface area contributed by atoms with E-state index in [9.17, 15) is 29.0 Å². The minimum absolute atomic E-state index is 0.0405. The highest BCUT2D eigenvalue weighted by molar-refractivity contribution is 7.48. The van der Waals surface area contributed by atoms with Crippen LogP contribution in [0.15, 0.2) is 62.9 Å². The standard InChI is InChI=1S/C39H62N5O13PSi2/c1-13-16-26-23-44(37(48)42-34(26)46)31-22-27(57-60(11,12)39(6,7)8)28(54-31)24-52-58(49,51-21-15-18-40)56-32-29(25-53-59(9,10)38(3,4)5)55-35(33(32)50-20-14-2)43-19-17-30(45)41-36(43)47/h13-14,17,19,23,27-29,31-33,35H,1-2,15-16,20-22,24-25H2,3-12H3,(H,41,45,47)(H,42,46,48)/t27-,28+,29+,31+,32+,33+,35+,58?/m0/s1. The third-order valence-electron chi connectivity index (χ3n) is 11.5. The first-order valence-electron chi connectivity index (χ1n) is 19.9. The number of nitrogens with zero attached hydrogens (tertiary/aromatic N) is 3. The predicted molar refractivity (Wildman–Crippen MR) is 229 cm³/mol. The summed E-state index contributed by atoms with van der Waals surface area (Å²) in [5, 5.41) is 8.95. The highest BCUT2D eigenvalue weighted by Gasteiger charge is 2.53. The molecule has 1 unspecified atom stereocenters. The number of phosphoric acid groups is 1. The lowest BCUT2D eigenvalue weighted by atomic mass is 10.1. The third kappa shape index (κ3) is 12.0. The molecule has 0 bridgehead atoms. The summed E-state index contributed by atoms with van der Waals surface area (Å²) in [5.41, 5.74) is -2.33. The van der Waals surface area contributed by atoms with Crippen molar-refractivity contribution in [3.8, 4) is 6.07 Å². The molecule has 8 atom stereocenters. The number of nitriles is 1. The Hall–Kier alpha value is -3.33. The average molecular weight is 896 g/mol. The topological polar surface area (TPSA) is 224 Å². The minimum atomic E-state index is -4.70. The Morgan fingerprint density at radius 3 is 2.18 bits per heavy atom. The normalized spacial score (nSPS) is 24.9. The van der Waals surface area contributed by atoms with Crippen LogP contribution in [0.25, 0.3) is 0 Å². The van der Waals surface area contributed by atoms with Gasteiger partial charge in [0.1, 0.15) is 30.6 Å². The molecule has 2 fully saturated rings. The van der Waals surface area contributed by atoms with E-state index in [-0.39, 0.29) is 49.2 Å². The Labute approximate surface area is 352 Å². The van der Waals surface area contributed by atoms with E-state index in [0.717, 1.165) is 10.6 Å². The molecule has 334 valence electrons. The van der Waals surface area contributed by atoms with E-state index in [1.54, 1.807) is 6.08 Å². The molecule has 4 heterocycles. The minimum Gasteiger partial charge on any atom is -0.414 e. The average Bonchev–Trinajstić information content (AvgIpc) is 3.68. The van der Waals surface area contributed by atoms with Gasteiger partial charge in [-0.25, -0.2) is 14.2 Å². The highest BCUT2D eigenvalue weighted by Crippen LogP contribution is 2.54. The van der Waals surface area contributed by atoms with Gasteiger partial charge in [-0.1, -0.05) is 53.7 Å². The first-order valence-corrected chi connectivity index (χ1v) is 27.2. The largest absolute Gasteiger partial charge is 0.475 e. The van der Waals surface area contributed by atoms with Crippen LogP contribution in [0.5, 0.6) is 0 Å². The number of aromatic nitrogens is 4. The Bertz CT molecular complexity index is 2150. The molecule has 18 nitrogen and oxygen atoms in total. The predicted octanol–water partition coefficient (Wildman–Crippen LogP) is 5.42. The number of phosphoric ester groups is 1. The van der Waals surface area contributed by atoms with Crippen LogP contribution in [0.1, 0.15) is 72.4 Å². The molecule has 60 heavy (non-hydrogen) atoms. The number of aromatic amines is 2. The number of hydrogen-bond acceptors (Lipinski definition) is 14. The van der Waals surface area contributed by atoms with Crippen LogP contribution in [0.2, 0.25) is 36.3 Å². The number of H-pyrrole nitrogens is 2. The van der Waals surface area contributed by atoms with E-state index >= 15 is 0 Å². The van der Waals surface area contributed by atoms with Crippen molar-refractivity contribution in [2.45, 2.75) is 140 Å². The maximum atomic E-state index is 14.9. The molecule has 4 rings (SSSR count). The molecule has 0 amide bonds. The summed E-state index contributed by atoms with van der Waals surface area (Å²) in [6.07, 6.45) is -1.23. The fourth-order valence-corrected chi connectivity index (χ4v) is 9.81. The maximum Gasteiger partial charge on any atom is 0.475 e. The number of nitrogens with one attached hydrogen (secondary N) is 2. The molecule has 0 spiro atoms. The van der Waals surface area contributed by atoms with Crippen LogP contribution in [-0.4, -0.2) is 92.7 Å². The molecule has 2 aliphatic heterocycles. The summed E-state index contributed by atoms with van der Waals surface area (Å²) >= 11 is 0. The molecule has 2 aromatic rings. The van der Waals surface area contributed by atoms with Crippen LogP contribution in [0.3, 0.4) is 0 Å². The van der Waals surface area contributed by atoms with Gasteiger partial charge in [0.05, 0.1) is 45.0 Å². The molecule has 2 aliphatic rings. The second-order valence-electron chi connectivity index (χ2n) is 17.9. The summed E-state index contributed by atoms with van der Waals surface area (Å²) in [4.78, 5) is 55.3. The van der Waals surface area contributed by atoms with Gasteiger partial charge >= 0.3 is 19.2 Å². The van der Waals surface area contributed by atoms with Gasteiger partial charge in [-0.15, -0.1) is 13.2 Å². The molecule has 0 radical (unpaired) electrons. The van der Waals surface area contributed by atoms with Crippen molar-refractivity contribution in [1.82, 2.24) is 19.1 Å². The molecule has 0 aliphatic carbocycles. The zero-order valence-electron chi connectivity index (χ0n) is 36.4. The van der Waals surface area contributed by atoms with Gasteiger partial charge in [0, 0.05) is 30.4 Å². The van der Waals surface area contributed by atoms with E-state index in [2.05, 4.69) is 77.8 Å². The van der Waals surface area contributed by atoms with E-state index in [1.165, 1.54) is 23.0 Å². The summed E-state index contributed by atoms with van der Waals surface area (Å²) in [5.74, 6) is 0. The van der Waals surface area contributed by atoms with Gasteiger partial charge in [0.15, 0.2) is 22.9 Å². The first-order chi connectivity index (χ1) is 27.9. The zero-order chi connectivity index (χ0) is 44.8.